The van der Waals surface area contributed by atoms with Crippen molar-refractivity contribution in [2.45, 2.75) is 24.5 Å². The molecule has 126 valence electrons. The van der Waals surface area contributed by atoms with Crippen molar-refractivity contribution in [2.24, 2.45) is 0 Å². The SMILES string of the molecule is O=c1[nH]cnc2c1cnn2[C@@H]1O[C@H](COP(=O)(O)O)[C@@H](O)[C@H]1O. The summed E-state index contributed by atoms with van der Waals surface area (Å²) in [6.45, 7) is -0.633. The van der Waals surface area contributed by atoms with Crippen LogP contribution in [-0.2, 0) is 13.8 Å². The molecule has 1 aliphatic rings. The van der Waals surface area contributed by atoms with Crippen LogP contribution in [0.1, 0.15) is 6.23 Å². The van der Waals surface area contributed by atoms with Gasteiger partial charge in [0, 0.05) is 0 Å². The predicted molar refractivity (Wildman–Crippen MR) is 72.1 cm³/mol. The third-order valence-corrected chi connectivity index (χ3v) is 3.87. The molecular weight excluding hydrogens is 335 g/mol. The Morgan fingerprint density at radius 3 is 2.83 bits per heavy atom. The molecule has 3 rings (SSSR count). The van der Waals surface area contributed by atoms with Crippen molar-refractivity contribution >= 4 is 18.9 Å². The molecule has 0 unspecified atom stereocenters. The standard InChI is InChI=1S/C10H13N4O8P/c15-6-5(2-21-23(18,19)20)22-10(7(6)16)14-8-4(1-13-14)9(17)12-3-11-8/h1,3,5-7,10,15-16H,2H2,(H,11,12,17)(H2,18,19,20)/t5-,6-,7-,10-/m1/s1. The van der Waals surface area contributed by atoms with Crippen LogP contribution >= 0.6 is 7.82 Å². The second-order valence-electron chi connectivity index (χ2n) is 4.89. The Morgan fingerprint density at radius 1 is 1.39 bits per heavy atom. The Hall–Kier alpha value is -1.66. The molecule has 1 fully saturated rings. The Balaban J connectivity index is 1.87. The molecule has 12 nitrogen and oxygen atoms in total. The van der Waals surface area contributed by atoms with Gasteiger partial charge in [0.05, 0.1) is 19.1 Å². The van der Waals surface area contributed by atoms with E-state index in [2.05, 4.69) is 19.6 Å². The van der Waals surface area contributed by atoms with Crippen molar-refractivity contribution in [2.75, 3.05) is 6.61 Å². The van der Waals surface area contributed by atoms with Gasteiger partial charge in [-0.15, -0.1) is 0 Å². The summed E-state index contributed by atoms with van der Waals surface area (Å²) in [4.78, 5) is 35.3. The monoisotopic (exact) mass is 348 g/mol. The first-order chi connectivity index (χ1) is 10.8. The highest BCUT2D eigenvalue weighted by molar-refractivity contribution is 7.46. The molecule has 0 aromatic carbocycles. The van der Waals surface area contributed by atoms with Gasteiger partial charge in [-0.3, -0.25) is 9.32 Å². The molecule has 1 saturated heterocycles. The molecule has 3 heterocycles. The van der Waals surface area contributed by atoms with E-state index in [1.54, 1.807) is 0 Å². The first-order valence-electron chi connectivity index (χ1n) is 6.40. The number of fused-ring (bicyclic) bond motifs is 1. The van der Waals surface area contributed by atoms with Crippen LogP contribution in [0.15, 0.2) is 17.3 Å². The first kappa shape index (κ1) is 16.2. The number of hydrogen-bond donors (Lipinski definition) is 5. The first-order valence-corrected chi connectivity index (χ1v) is 7.93. The average molecular weight is 348 g/mol. The van der Waals surface area contributed by atoms with Crippen LogP contribution in [0.4, 0.5) is 0 Å². The van der Waals surface area contributed by atoms with Gasteiger partial charge in [-0.2, -0.15) is 5.10 Å². The highest BCUT2D eigenvalue weighted by atomic mass is 31.2. The highest BCUT2D eigenvalue weighted by Gasteiger charge is 2.45. The summed E-state index contributed by atoms with van der Waals surface area (Å²) in [5, 5.41) is 24.0. The topological polar surface area (TPSA) is 180 Å². The molecular formula is C10H13N4O8P. The lowest BCUT2D eigenvalue weighted by Crippen LogP contribution is -2.33. The largest absolute Gasteiger partial charge is 0.469 e. The number of nitrogens with zero attached hydrogens (tertiary/aromatic N) is 3. The minimum absolute atomic E-state index is 0.126. The number of aromatic amines is 1. The van der Waals surface area contributed by atoms with Gasteiger partial charge in [-0.1, -0.05) is 0 Å². The van der Waals surface area contributed by atoms with Crippen LogP contribution in [0.2, 0.25) is 0 Å². The number of rotatable bonds is 4. The number of ether oxygens (including phenoxy) is 1. The molecule has 2 aromatic heterocycles. The Labute approximate surface area is 127 Å². The van der Waals surface area contributed by atoms with E-state index in [4.69, 9.17) is 14.5 Å². The van der Waals surface area contributed by atoms with E-state index in [0.717, 1.165) is 11.0 Å². The number of H-pyrrole nitrogens is 1. The van der Waals surface area contributed by atoms with E-state index >= 15 is 0 Å². The lowest BCUT2D eigenvalue weighted by Gasteiger charge is -2.15. The minimum Gasteiger partial charge on any atom is -0.387 e. The van der Waals surface area contributed by atoms with Crippen LogP contribution in [-0.4, -0.2) is 64.7 Å². The van der Waals surface area contributed by atoms with Gasteiger partial charge < -0.3 is 29.7 Å². The molecule has 2 aromatic rings. The van der Waals surface area contributed by atoms with Gasteiger partial charge in [0.15, 0.2) is 11.9 Å². The Morgan fingerprint density at radius 2 is 2.13 bits per heavy atom. The van der Waals surface area contributed by atoms with Crippen LogP contribution in [0.25, 0.3) is 11.0 Å². The molecule has 4 atom stereocenters. The lowest BCUT2D eigenvalue weighted by atomic mass is 10.1. The molecule has 0 spiro atoms. The predicted octanol–water partition coefficient (Wildman–Crippen LogP) is -2.15. The number of phosphoric ester groups is 1. The number of nitrogens with one attached hydrogen (secondary N) is 1. The Kier molecular flexibility index (Phi) is 4.06. The molecule has 5 N–H and O–H groups in total. The molecule has 0 bridgehead atoms. The fraction of sp³-hybridized carbons (Fsp3) is 0.500. The van der Waals surface area contributed by atoms with Crippen LogP contribution in [0, 0.1) is 0 Å². The van der Waals surface area contributed by atoms with Crippen LogP contribution in [0.3, 0.4) is 0 Å². The molecule has 0 radical (unpaired) electrons. The van der Waals surface area contributed by atoms with E-state index in [1.807, 2.05) is 0 Å². The van der Waals surface area contributed by atoms with Gasteiger partial charge in [-0.25, -0.2) is 14.2 Å². The van der Waals surface area contributed by atoms with Crippen LogP contribution in [0.5, 0.6) is 0 Å². The normalized spacial score (nSPS) is 28.5. The summed E-state index contributed by atoms with van der Waals surface area (Å²) < 4.78 is 21.4. The number of aliphatic hydroxyl groups excluding tert-OH is 2. The van der Waals surface area contributed by atoms with Gasteiger partial charge in [0.25, 0.3) is 5.56 Å². The maximum absolute atomic E-state index is 11.6. The maximum Gasteiger partial charge on any atom is 0.469 e. The third kappa shape index (κ3) is 3.05. The van der Waals surface area contributed by atoms with E-state index < -0.39 is 44.5 Å². The third-order valence-electron chi connectivity index (χ3n) is 3.38. The summed E-state index contributed by atoms with van der Waals surface area (Å²) in [5.41, 5.74) is -0.308. The van der Waals surface area contributed by atoms with Crippen molar-refractivity contribution < 1.29 is 33.8 Å². The van der Waals surface area contributed by atoms with Crippen LogP contribution < -0.4 is 5.56 Å². The van der Waals surface area contributed by atoms with Gasteiger partial charge >= 0.3 is 7.82 Å². The smallest absolute Gasteiger partial charge is 0.387 e. The summed E-state index contributed by atoms with van der Waals surface area (Å²) in [6.07, 6.45) is -2.93. The van der Waals surface area contributed by atoms with Crippen molar-refractivity contribution in [3.63, 3.8) is 0 Å². The van der Waals surface area contributed by atoms with Crippen molar-refractivity contribution in [1.82, 2.24) is 19.7 Å². The van der Waals surface area contributed by atoms with E-state index in [-0.39, 0.29) is 11.0 Å². The molecule has 23 heavy (non-hydrogen) atoms. The minimum atomic E-state index is -4.74. The lowest BCUT2D eigenvalue weighted by molar-refractivity contribution is -0.0559. The zero-order valence-electron chi connectivity index (χ0n) is 11.4. The van der Waals surface area contributed by atoms with Gasteiger partial charge in [-0.05, 0) is 0 Å². The number of aromatic nitrogens is 4. The van der Waals surface area contributed by atoms with Gasteiger partial charge in [0.2, 0.25) is 0 Å². The van der Waals surface area contributed by atoms with E-state index in [9.17, 15) is 19.6 Å². The average Bonchev–Trinajstić information content (AvgIpc) is 3.01. The maximum atomic E-state index is 11.6. The molecule has 0 saturated carbocycles. The highest BCUT2D eigenvalue weighted by Crippen LogP contribution is 2.38. The Bertz CT molecular complexity index is 815. The number of aliphatic hydroxyl groups is 2. The van der Waals surface area contributed by atoms with Crippen molar-refractivity contribution in [3.05, 3.63) is 22.9 Å². The molecule has 0 amide bonds. The summed E-state index contributed by atoms with van der Waals surface area (Å²) in [7, 11) is -4.74. The summed E-state index contributed by atoms with van der Waals surface area (Å²) in [5.74, 6) is 0. The second-order valence-corrected chi connectivity index (χ2v) is 6.13. The summed E-state index contributed by atoms with van der Waals surface area (Å²) >= 11 is 0. The molecule has 0 aliphatic carbocycles. The summed E-state index contributed by atoms with van der Waals surface area (Å²) in [6, 6.07) is 0. The number of hydrogen-bond acceptors (Lipinski definition) is 8. The second kappa shape index (κ2) is 5.76. The van der Waals surface area contributed by atoms with Gasteiger partial charge in [0.1, 0.15) is 23.7 Å². The quantitative estimate of drug-likeness (QED) is 0.382. The fourth-order valence-electron chi connectivity index (χ4n) is 2.30. The fourth-order valence-corrected chi connectivity index (χ4v) is 2.64. The zero-order chi connectivity index (χ0) is 16.8. The number of phosphoric acid groups is 1. The molecule has 1 aliphatic heterocycles. The van der Waals surface area contributed by atoms with Crippen molar-refractivity contribution in [1.29, 1.82) is 0 Å². The zero-order valence-corrected chi connectivity index (χ0v) is 12.3. The van der Waals surface area contributed by atoms with E-state index in [1.165, 1.54) is 6.20 Å². The van der Waals surface area contributed by atoms with E-state index in [0.29, 0.717) is 0 Å². The van der Waals surface area contributed by atoms with Crippen molar-refractivity contribution in [3.8, 4) is 0 Å². The molecule has 13 heteroatoms.